The number of hydrogen-bond acceptors (Lipinski definition) is 9. The maximum atomic E-state index is 11.7. The number of anilines is 3. The normalized spacial score (nSPS) is 11.4. The number of aromatic carboxylic acids is 1. The summed E-state index contributed by atoms with van der Waals surface area (Å²) in [6.07, 6.45) is 0.445. The molecule has 0 fully saturated rings. The van der Waals surface area contributed by atoms with Gasteiger partial charge in [0.2, 0.25) is 10.0 Å². The van der Waals surface area contributed by atoms with Gasteiger partial charge in [0, 0.05) is 17.0 Å². The molecular weight excluding hydrogens is 470 g/mol. The van der Waals surface area contributed by atoms with Crippen molar-refractivity contribution in [2.24, 2.45) is 5.14 Å². The second-order valence-electron chi connectivity index (χ2n) is 6.69. The van der Waals surface area contributed by atoms with Crippen LogP contribution in [-0.2, 0) is 16.4 Å². The smallest absolute Gasteiger partial charge is 0.355 e. The van der Waals surface area contributed by atoms with Gasteiger partial charge >= 0.3 is 5.97 Å². The fourth-order valence-corrected chi connectivity index (χ4v) is 5.50. The first kappa shape index (κ1) is 21.9. The number of thiazole rings is 2. The standard InChI is InChI=1S/C20H17N5O4S3/c21-17-16(31-20(25-17)23-12-6-8-13(9-7-12)32(22,28)29)18-24-15(19(26)27)14(30-18)10-11-4-2-1-3-5-11/h1-9H,10,21H2,(H,23,25)(H,26,27)(H2,22,28,29). The molecule has 12 heteroatoms. The van der Waals surface area contributed by atoms with E-state index in [1.54, 1.807) is 12.1 Å². The predicted molar refractivity (Wildman–Crippen MR) is 125 cm³/mol. The summed E-state index contributed by atoms with van der Waals surface area (Å²) in [5.74, 6) is -0.884. The molecule has 0 unspecified atom stereocenters. The van der Waals surface area contributed by atoms with Crippen LogP contribution in [0.4, 0.5) is 16.6 Å². The predicted octanol–water partition coefficient (Wildman–Crippen LogP) is 3.53. The first-order valence-electron chi connectivity index (χ1n) is 9.14. The molecule has 0 bridgehead atoms. The molecule has 6 N–H and O–H groups in total. The van der Waals surface area contributed by atoms with E-state index in [4.69, 9.17) is 10.9 Å². The Labute approximate surface area is 191 Å². The van der Waals surface area contributed by atoms with Crippen molar-refractivity contribution in [3.63, 3.8) is 0 Å². The lowest BCUT2D eigenvalue weighted by Gasteiger charge is -2.03. The van der Waals surface area contributed by atoms with E-state index in [9.17, 15) is 18.3 Å². The Balaban J connectivity index is 1.61. The second kappa shape index (κ2) is 8.67. The lowest BCUT2D eigenvalue weighted by atomic mass is 10.1. The van der Waals surface area contributed by atoms with Gasteiger partial charge in [-0.1, -0.05) is 41.7 Å². The number of carbonyl (C=O) groups is 1. The van der Waals surface area contributed by atoms with Crippen LogP contribution in [0.25, 0.3) is 9.88 Å². The minimum absolute atomic E-state index is 0.00248. The molecule has 0 atom stereocenters. The van der Waals surface area contributed by atoms with Crippen molar-refractivity contribution in [2.45, 2.75) is 11.3 Å². The van der Waals surface area contributed by atoms with Crippen LogP contribution in [0, 0.1) is 0 Å². The van der Waals surface area contributed by atoms with Crippen molar-refractivity contribution < 1.29 is 18.3 Å². The highest BCUT2D eigenvalue weighted by Crippen LogP contribution is 2.39. The molecule has 0 saturated heterocycles. The van der Waals surface area contributed by atoms with Gasteiger partial charge in [-0.3, -0.25) is 0 Å². The minimum atomic E-state index is -3.78. The summed E-state index contributed by atoms with van der Waals surface area (Å²) in [6.45, 7) is 0. The Hall–Kier alpha value is -3.32. The molecule has 0 radical (unpaired) electrons. The number of sulfonamides is 1. The Kier molecular flexibility index (Phi) is 5.93. The van der Waals surface area contributed by atoms with E-state index in [1.165, 1.54) is 34.8 Å². The highest BCUT2D eigenvalue weighted by Gasteiger charge is 2.22. The third-order valence-corrected chi connectivity index (χ3v) is 7.51. The number of rotatable bonds is 7. The Morgan fingerprint density at radius 3 is 2.34 bits per heavy atom. The zero-order valence-electron chi connectivity index (χ0n) is 16.3. The van der Waals surface area contributed by atoms with Gasteiger partial charge in [0.1, 0.15) is 15.7 Å². The van der Waals surface area contributed by atoms with Crippen LogP contribution in [-0.4, -0.2) is 29.5 Å². The summed E-state index contributed by atoms with van der Waals surface area (Å²) in [5.41, 5.74) is 7.64. The fraction of sp³-hybridized carbons (Fsp3) is 0.0500. The van der Waals surface area contributed by atoms with Crippen LogP contribution in [0.5, 0.6) is 0 Å². The zero-order chi connectivity index (χ0) is 22.9. The van der Waals surface area contributed by atoms with Gasteiger partial charge < -0.3 is 16.2 Å². The van der Waals surface area contributed by atoms with E-state index in [0.717, 1.165) is 5.56 Å². The largest absolute Gasteiger partial charge is 0.476 e. The summed E-state index contributed by atoms with van der Waals surface area (Å²) in [5, 5.41) is 18.7. The molecule has 2 aromatic carbocycles. The molecular formula is C20H17N5O4S3. The van der Waals surface area contributed by atoms with Gasteiger partial charge in [-0.05, 0) is 29.8 Å². The number of nitrogens with zero attached hydrogens (tertiary/aromatic N) is 2. The molecule has 0 aliphatic rings. The number of aromatic nitrogens is 2. The van der Waals surface area contributed by atoms with Crippen LogP contribution in [0.2, 0.25) is 0 Å². The molecule has 2 aromatic heterocycles. The molecule has 0 spiro atoms. The Morgan fingerprint density at radius 1 is 1.03 bits per heavy atom. The first-order valence-corrected chi connectivity index (χ1v) is 12.3. The lowest BCUT2D eigenvalue weighted by Crippen LogP contribution is -2.11. The van der Waals surface area contributed by atoms with Gasteiger partial charge in [-0.25, -0.2) is 28.3 Å². The summed E-state index contributed by atoms with van der Waals surface area (Å²) < 4.78 is 22.8. The molecule has 32 heavy (non-hydrogen) atoms. The monoisotopic (exact) mass is 487 g/mol. The van der Waals surface area contributed by atoms with Crippen LogP contribution in [0.15, 0.2) is 59.5 Å². The van der Waals surface area contributed by atoms with Crippen molar-refractivity contribution in [3.8, 4) is 9.88 Å². The van der Waals surface area contributed by atoms with Crippen molar-refractivity contribution in [1.29, 1.82) is 0 Å². The van der Waals surface area contributed by atoms with Crippen LogP contribution in [0.3, 0.4) is 0 Å². The van der Waals surface area contributed by atoms with Gasteiger partial charge in [0.15, 0.2) is 10.8 Å². The summed E-state index contributed by atoms with van der Waals surface area (Å²) >= 11 is 2.49. The highest BCUT2D eigenvalue weighted by atomic mass is 32.2. The zero-order valence-corrected chi connectivity index (χ0v) is 18.8. The van der Waals surface area contributed by atoms with Gasteiger partial charge in [0.25, 0.3) is 0 Å². The van der Waals surface area contributed by atoms with Crippen molar-refractivity contribution in [3.05, 3.63) is 70.7 Å². The van der Waals surface area contributed by atoms with Crippen LogP contribution < -0.4 is 16.2 Å². The van der Waals surface area contributed by atoms with E-state index in [-0.39, 0.29) is 16.4 Å². The highest BCUT2D eigenvalue weighted by molar-refractivity contribution is 7.89. The van der Waals surface area contributed by atoms with Crippen LogP contribution in [0.1, 0.15) is 20.9 Å². The number of nitrogen functional groups attached to an aromatic ring is 1. The van der Waals surface area contributed by atoms with Gasteiger partial charge in [-0.15, -0.1) is 11.3 Å². The molecule has 164 valence electrons. The van der Waals surface area contributed by atoms with E-state index >= 15 is 0 Å². The number of carboxylic acid groups (broad SMARTS) is 1. The maximum absolute atomic E-state index is 11.7. The second-order valence-corrected chi connectivity index (χ2v) is 10.3. The molecule has 0 aliphatic carbocycles. The average molecular weight is 488 g/mol. The Bertz CT molecular complexity index is 1380. The van der Waals surface area contributed by atoms with E-state index in [0.29, 0.717) is 32.0 Å². The van der Waals surface area contributed by atoms with Gasteiger partial charge in [0.05, 0.1) is 4.90 Å². The first-order chi connectivity index (χ1) is 15.2. The summed E-state index contributed by atoms with van der Waals surface area (Å²) in [4.78, 5) is 21.5. The third-order valence-electron chi connectivity index (χ3n) is 4.39. The number of hydrogen-bond donors (Lipinski definition) is 4. The van der Waals surface area contributed by atoms with Crippen molar-refractivity contribution in [2.75, 3.05) is 11.1 Å². The van der Waals surface area contributed by atoms with Crippen molar-refractivity contribution >= 4 is 55.3 Å². The van der Waals surface area contributed by atoms with E-state index in [1.807, 2.05) is 30.3 Å². The molecule has 0 saturated carbocycles. The third kappa shape index (κ3) is 4.78. The number of primary sulfonamides is 1. The number of carboxylic acids is 1. The minimum Gasteiger partial charge on any atom is -0.476 e. The molecule has 2 heterocycles. The Morgan fingerprint density at radius 2 is 1.72 bits per heavy atom. The average Bonchev–Trinajstić information content (AvgIpc) is 3.31. The van der Waals surface area contributed by atoms with Crippen LogP contribution >= 0.6 is 22.7 Å². The van der Waals surface area contributed by atoms with E-state index < -0.39 is 16.0 Å². The molecule has 4 rings (SSSR count). The maximum Gasteiger partial charge on any atom is 0.355 e. The summed E-state index contributed by atoms with van der Waals surface area (Å²) in [7, 11) is -3.78. The fourth-order valence-electron chi connectivity index (χ4n) is 2.91. The molecule has 0 aliphatic heterocycles. The topological polar surface area (TPSA) is 161 Å². The number of nitrogens with two attached hydrogens (primary N) is 2. The molecule has 4 aromatic rings. The molecule has 0 amide bonds. The lowest BCUT2D eigenvalue weighted by molar-refractivity contribution is 0.0690. The SMILES string of the molecule is Nc1nc(Nc2ccc(S(N)(=O)=O)cc2)sc1-c1nc(C(=O)O)c(Cc2ccccc2)s1. The quantitative estimate of drug-likeness (QED) is 0.308. The molecule has 9 nitrogen and oxygen atoms in total. The number of benzene rings is 2. The van der Waals surface area contributed by atoms with Gasteiger partial charge in [-0.2, -0.15) is 0 Å². The number of nitrogens with one attached hydrogen (secondary N) is 1. The van der Waals surface area contributed by atoms with E-state index in [2.05, 4.69) is 15.3 Å². The van der Waals surface area contributed by atoms with Crippen molar-refractivity contribution in [1.82, 2.24) is 9.97 Å². The summed E-state index contributed by atoms with van der Waals surface area (Å²) in [6, 6.07) is 15.4.